The van der Waals surface area contributed by atoms with Crippen molar-refractivity contribution in [3.8, 4) is 0 Å². The fourth-order valence-electron chi connectivity index (χ4n) is 6.30. The molecule has 3 aliphatic heterocycles. The van der Waals surface area contributed by atoms with Crippen molar-refractivity contribution in [3.63, 3.8) is 0 Å². The fourth-order valence-corrected chi connectivity index (χ4v) is 6.43. The number of nitrogens with zero attached hydrogens (tertiary/aromatic N) is 3. The molecule has 2 bridgehead atoms. The van der Waals surface area contributed by atoms with E-state index < -0.39 is 29.1 Å². The smallest absolute Gasteiger partial charge is 0.253 e. The van der Waals surface area contributed by atoms with Crippen LogP contribution in [0.3, 0.4) is 0 Å². The fraction of sp³-hybridized carbons (Fsp3) is 0.519. The Kier molecular flexibility index (Phi) is 7.33. The van der Waals surface area contributed by atoms with Crippen LogP contribution in [0.2, 0.25) is 5.02 Å². The van der Waals surface area contributed by atoms with Gasteiger partial charge in [-0.05, 0) is 50.5 Å². The Morgan fingerprint density at radius 2 is 1.86 bits per heavy atom. The number of halogens is 1. The molecule has 1 N–H and O–H groups in total. The zero-order chi connectivity index (χ0) is 26.3. The number of hydrogen-bond donors (Lipinski definition) is 1. The van der Waals surface area contributed by atoms with E-state index in [0.29, 0.717) is 36.5 Å². The molecule has 0 saturated carbocycles. The molecular weight excluding hydrogens is 482 g/mol. The second-order valence-corrected chi connectivity index (χ2v) is 10.5. The minimum absolute atomic E-state index is 0.126. The maximum Gasteiger partial charge on any atom is 0.253 e. The molecular formula is C27H34ClN3O5. The van der Waals surface area contributed by atoms with Gasteiger partial charge in [-0.25, -0.2) is 0 Å². The maximum atomic E-state index is 14.3. The summed E-state index contributed by atoms with van der Waals surface area (Å²) < 4.78 is 6.64. The Balaban J connectivity index is 1.79. The van der Waals surface area contributed by atoms with Gasteiger partial charge in [0.2, 0.25) is 11.8 Å². The van der Waals surface area contributed by atoms with Gasteiger partial charge in [0.05, 0.1) is 17.4 Å². The number of fused-ring (bicyclic) bond motifs is 1. The van der Waals surface area contributed by atoms with Gasteiger partial charge < -0.3 is 24.5 Å². The average Bonchev–Trinajstić information content (AvgIpc) is 3.42. The average molecular weight is 516 g/mol. The number of aliphatic hydroxyl groups is 1. The Morgan fingerprint density at radius 3 is 2.47 bits per heavy atom. The van der Waals surface area contributed by atoms with Crippen LogP contribution in [-0.2, 0) is 19.1 Å². The van der Waals surface area contributed by atoms with Crippen LogP contribution in [0.15, 0.2) is 49.6 Å². The standard InChI is InChI=1S/C27H34ClN3O5/c1-5-14-29(4)23(33)20-21-24(34)31(16-7-17-32)22(27(21)13-12-26(20,3)36-27)25(35)30(15-6-2)19-10-8-18(28)9-11-19/h5-6,8-11,20-22,32H,1-2,7,12-17H2,3-4H3/t20-,21+,22?,26+,27?/m1/s1. The summed E-state index contributed by atoms with van der Waals surface area (Å²) >= 11 is 6.07. The lowest BCUT2D eigenvalue weighted by molar-refractivity contribution is -0.149. The van der Waals surface area contributed by atoms with Crippen LogP contribution in [0, 0.1) is 11.8 Å². The zero-order valence-corrected chi connectivity index (χ0v) is 21.6. The van der Waals surface area contributed by atoms with Gasteiger partial charge in [-0.3, -0.25) is 14.4 Å². The summed E-state index contributed by atoms with van der Waals surface area (Å²) in [5.74, 6) is -2.25. The summed E-state index contributed by atoms with van der Waals surface area (Å²) in [4.78, 5) is 46.5. The zero-order valence-electron chi connectivity index (χ0n) is 20.9. The Morgan fingerprint density at radius 1 is 1.19 bits per heavy atom. The molecule has 3 saturated heterocycles. The highest BCUT2D eigenvalue weighted by Gasteiger charge is 2.78. The summed E-state index contributed by atoms with van der Waals surface area (Å²) in [6, 6.07) is 5.97. The van der Waals surface area contributed by atoms with E-state index in [2.05, 4.69) is 13.2 Å². The number of hydrogen-bond acceptors (Lipinski definition) is 5. The van der Waals surface area contributed by atoms with Crippen LogP contribution < -0.4 is 4.90 Å². The van der Waals surface area contributed by atoms with Gasteiger partial charge >= 0.3 is 0 Å². The second kappa shape index (κ2) is 10.00. The van der Waals surface area contributed by atoms with Gasteiger partial charge in [0.1, 0.15) is 11.6 Å². The summed E-state index contributed by atoms with van der Waals surface area (Å²) in [6.45, 7) is 10.0. The van der Waals surface area contributed by atoms with Crippen LogP contribution >= 0.6 is 11.6 Å². The first-order valence-electron chi connectivity index (χ1n) is 12.3. The Labute approximate surface area is 217 Å². The molecule has 1 aromatic carbocycles. The summed E-state index contributed by atoms with van der Waals surface area (Å²) in [5, 5.41) is 10.1. The third kappa shape index (κ3) is 4.05. The molecule has 4 rings (SSSR count). The number of amides is 3. The van der Waals surface area contributed by atoms with E-state index in [9.17, 15) is 19.5 Å². The van der Waals surface area contributed by atoms with Crippen LogP contribution in [0.5, 0.6) is 0 Å². The van der Waals surface area contributed by atoms with Crippen LogP contribution in [0.25, 0.3) is 0 Å². The summed E-state index contributed by atoms with van der Waals surface area (Å²) in [6.07, 6.45) is 4.63. The van der Waals surface area contributed by atoms with E-state index in [-0.39, 0.29) is 37.4 Å². The molecule has 9 heteroatoms. The van der Waals surface area contributed by atoms with Gasteiger partial charge in [-0.1, -0.05) is 23.8 Å². The van der Waals surface area contributed by atoms with Crippen LogP contribution in [-0.4, -0.2) is 83.2 Å². The Hall–Kier alpha value is -2.68. The number of anilines is 1. The molecule has 1 aromatic rings. The summed E-state index contributed by atoms with van der Waals surface area (Å²) in [5.41, 5.74) is -1.35. The van der Waals surface area contributed by atoms with E-state index in [1.807, 2.05) is 6.92 Å². The van der Waals surface area contributed by atoms with Gasteiger partial charge in [-0.2, -0.15) is 0 Å². The predicted molar refractivity (Wildman–Crippen MR) is 137 cm³/mol. The molecule has 3 fully saturated rings. The van der Waals surface area contributed by atoms with Gasteiger partial charge in [0.15, 0.2) is 0 Å². The van der Waals surface area contributed by atoms with E-state index in [1.54, 1.807) is 53.3 Å². The highest BCUT2D eigenvalue weighted by molar-refractivity contribution is 6.30. The number of ether oxygens (including phenoxy) is 1. The van der Waals surface area contributed by atoms with E-state index in [4.69, 9.17) is 16.3 Å². The normalized spacial score (nSPS) is 30.3. The number of rotatable bonds is 10. The highest BCUT2D eigenvalue weighted by atomic mass is 35.5. The van der Waals surface area contributed by atoms with Crippen molar-refractivity contribution in [2.75, 3.05) is 38.2 Å². The molecule has 3 amide bonds. The number of aliphatic hydroxyl groups excluding tert-OH is 1. The summed E-state index contributed by atoms with van der Waals surface area (Å²) in [7, 11) is 1.68. The third-order valence-electron chi connectivity index (χ3n) is 7.83. The van der Waals surface area contributed by atoms with Crippen molar-refractivity contribution >= 4 is 35.0 Å². The predicted octanol–water partition coefficient (Wildman–Crippen LogP) is 2.65. The molecule has 8 nitrogen and oxygen atoms in total. The number of likely N-dealkylation sites (N-methyl/N-ethyl adjacent to an activating group) is 1. The second-order valence-electron chi connectivity index (χ2n) is 10.1. The van der Waals surface area contributed by atoms with Crippen molar-refractivity contribution in [2.45, 2.75) is 43.4 Å². The van der Waals surface area contributed by atoms with Crippen molar-refractivity contribution < 1.29 is 24.2 Å². The number of benzene rings is 1. The molecule has 3 aliphatic rings. The highest BCUT2D eigenvalue weighted by Crippen LogP contribution is 2.63. The monoisotopic (exact) mass is 515 g/mol. The first-order chi connectivity index (χ1) is 17.1. The van der Waals surface area contributed by atoms with Gasteiger partial charge in [0.25, 0.3) is 5.91 Å². The third-order valence-corrected chi connectivity index (χ3v) is 8.08. The van der Waals surface area contributed by atoms with Crippen molar-refractivity contribution in [2.24, 2.45) is 11.8 Å². The number of carbonyl (C=O) groups excluding carboxylic acids is 3. The topological polar surface area (TPSA) is 90.4 Å². The molecule has 0 aromatic heterocycles. The van der Waals surface area contributed by atoms with Gasteiger partial charge in [0, 0.05) is 44.0 Å². The molecule has 2 unspecified atom stereocenters. The number of likely N-dealkylation sites (tertiary alicyclic amines) is 1. The maximum absolute atomic E-state index is 14.3. The lowest BCUT2D eigenvalue weighted by Gasteiger charge is -2.36. The first-order valence-corrected chi connectivity index (χ1v) is 12.7. The molecule has 194 valence electrons. The van der Waals surface area contributed by atoms with Crippen molar-refractivity contribution in [3.05, 3.63) is 54.6 Å². The minimum atomic E-state index is -1.13. The van der Waals surface area contributed by atoms with E-state index in [0.717, 1.165) is 0 Å². The minimum Gasteiger partial charge on any atom is -0.396 e. The largest absolute Gasteiger partial charge is 0.396 e. The number of carbonyl (C=O) groups is 3. The van der Waals surface area contributed by atoms with Crippen LogP contribution in [0.1, 0.15) is 26.2 Å². The molecule has 3 heterocycles. The first kappa shape index (κ1) is 26.4. The lowest BCUT2D eigenvalue weighted by atomic mass is 9.66. The molecule has 5 atom stereocenters. The van der Waals surface area contributed by atoms with Crippen LogP contribution in [0.4, 0.5) is 5.69 Å². The van der Waals surface area contributed by atoms with E-state index >= 15 is 0 Å². The molecule has 0 radical (unpaired) electrons. The van der Waals surface area contributed by atoms with Crippen molar-refractivity contribution in [1.82, 2.24) is 9.80 Å². The van der Waals surface area contributed by atoms with Crippen molar-refractivity contribution in [1.29, 1.82) is 0 Å². The molecule has 1 spiro atoms. The molecule has 0 aliphatic carbocycles. The van der Waals surface area contributed by atoms with E-state index in [1.165, 1.54) is 4.90 Å². The SMILES string of the molecule is C=CCN(C)C(=O)[C@H]1[C@H]2C(=O)N(CCCO)C(C(=O)N(CC=C)c3ccc(Cl)cc3)C23CC[C@]1(C)O3. The lowest BCUT2D eigenvalue weighted by Crippen LogP contribution is -2.56. The quantitative estimate of drug-likeness (QED) is 0.484. The molecule has 36 heavy (non-hydrogen) atoms. The van der Waals surface area contributed by atoms with Gasteiger partial charge in [-0.15, -0.1) is 13.2 Å². The Bertz CT molecular complexity index is 1060.